The lowest BCUT2D eigenvalue weighted by Gasteiger charge is -2.12. The summed E-state index contributed by atoms with van der Waals surface area (Å²) in [5.41, 5.74) is 1.19. The maximum Gasteiger partial charge on any atom is 0.119 e. The summed E-state index contributed by atoms with van der Waals surface area (Å²) in [5, 5.41) is 3.40. The van der Waals surface area contributed by atoms with Crippen molar-refractivity contribution in [3.8, 4) is 5.75 Å². The van der Waals surface area contributed by atoms with Crippen molar-refractivity contribution >= 4 is 15.9 Å². The molecule has 0 aliphatic heterocycles. The van der Waals surface area contributed by atoms with E-state index in [1.54, 1.807) is 7.11 Å². The van der Waals surface area contributed by atoms with Gasteiger partial charge in [0.05, 0.1) is 19.8 Å². The maximum absolute atomic E-state index is 5.67. The summed E-state index contributed by atoms with van der Waals surface area (Å²) in [6.07, 6.45) is 0. The Morgan fingerprint density at radius 1 is 1.15 bits per heavy atom. The number of hydrogen-bond acceptors (Lipinski definition) is 4. The molecule has 0 radical (unpaired) electrons. The van der Waals surface area contributed by atoms with Gasteiger partial charge in [0.15, 0.2) is 0 Å². The highest BCUT2D eigenvalue weighted by Gasteiger charge is 2.03. The van der Waals surface area contributed by atoms with Gasteiger partial charge in [0.25, 0.3) is 0 Å². The Balaban J connectivity index is 2.36. The van der Waals surface area contributed by atoms with Crippen molar-refractivity contribution in [1.82, 2.24) is 5.32 Å². The van der Waals surface area contributed by atoms with Gasteiger partial charge in [-0.05, 0) is 23.8 Å². The van der Waals surface area contributed by atoms with Crippen molar-refractivity contribution in [1.29, 1.82) is 0 Å². The minimum Gasteiger partial charge on any atom is -0.491 e. The molecule has 0 aromatic heterocycles. The summed E-state index contributed by atoms with van der Waals surface area (Å²) in [7, 11) is 1.66. The Kier molecular flexibility index (Phi) is 8.85. The van der Waals surface area contributed by atoms with E-state index in [-0.39, 0.29) is 0 Å². The van der Waals surface area contributed by atoms with Crippen LogP contribution in [-0.2, 0) is 16.0 Å². The van der Waals surface area contributed by atoms with Gasteiger partial charge in [-0.15, -0.1) is 0 Å². The standard InChI is InChI=1S/C15H24BrNO3/c1-12(2)17-11-13-10-14(4-5-15(13)16)20-9-8-19-7-6-18-3/h4-5,10,12,17H,6-9,11H2,1-3H3. The van der Waals surface area contributed by atoms with E-state index in [0.29, 0.717) is 32.5 Å². The maximum atomic E-state index is 5.67. The van der Waals surface area contributed by atoms with E-state index in [1.807, 2.05) is 12.1 Å². The molecule has 1 aromatic rings. The Morgan fingerprint density at radius 2 is 1.90 bits per heavy atom. The zero-order chi connectivity index (χ0) is 14.8. The molecule has 1 rings (SSSR count). The first kappa shape index (κ1) is 17.4. The summed E-state index contributed by atoms with van der Waals surface area (Å²) in [6, 6.07) is 6.48. The monoisotopic (exact) mass is 345 g/mol. The average Bonchev–Trinajstić information content (AvgIpc) is 2.42. The number of methoxy groups -OCH3 is 1. The van der Waals surface area contributed by atoms with Crippen LogP contribution in [0.15, 0.2) is 22.7 Å². The lowest BCUT2D eigenvalue weighted by molar-refractivity contribution is 0.0544. The van der Waals surface area contributed by atoms with Crippen molar-refractivity contribution in [2.45, 2.75) is 26.4 Å². The zero-order valence-electron chi connectivity index (χ0n) is 12.4. The summed E-state index contributed by atoms with van der Waals surface area (Å²) in [5.74, 6) is 0.865. The van der Waals surface area contributed by atoms with Crippen molar-refractivity contribution in [3.63, 3.8) is 0 Å². The lowest BCUT2D eigenvalue weighted by atomic mass is 10.2. The molecular formula is C15H24BrNO3. The van der Waals surface area contributed by atoms with Crippen molar-refractivity contribution in [3.05, 3.63) is 28.2 Å². The van der Waals surface area contributed by atoms with Gasteiger partial charge in [-0.25, -0.2) is 0 Å². The van der Waals surface area contributed by atoms with Crippen LogP contribution >= 0.6 is 15.9 Å². The minimum atomic E-state index is 0.459. The van der Waals surface area contributed by atoms with E-state index in [4.69, 9.17) is 14.2 Å². The third kappa shape index (κ3) is 7.24. The third-order valence-electron chi connectivity index (χ3n) is 2.65. The second kappa shape index (κ2) is 10.2. The van der Waals surface area contributed by atoms with Crippen molar-refractivity contribution in [2.75, 3.05) is 33.5 Å². The Morgan fingerprint density at radius 3 is 2.60 bits per heavy atom. The SMILES string of the molecule is COCCOCCOc1ccc(Br)c(CNC(C)C)c1. The van der Waals surface area contributed by atoms with Crippen LogP contribution in [0.2, 0.25) is 0 Å². The second-order valence-corrected chi connectivity index (χ2v) is 5.60. The van der Waals surface area contributed by atoms with Crippen LogP contribution in [0, 0.1) is 0 Å². The first-order valence-electron chi connectivity index (χ1n) is 6.84. The highest BCUT2D eigenvalue weighted by Crippen LogP contribution is 2.22. The Labute approximate surface area is 129 Å². The molecule has 0 heterocycles. The van der Waals surface area contributed by atoms with Crippen molar-refractivity contribution < 1.29 is 14.2 Å². The number of benzene rings is 1. The van der Waals surface area contributed by atoms with Gasteiger partial charge >= 0.3 is 0 Å². The van der Waals surface area contributed by atoms with E-state index in [9.17, 15) is 0 Å². The van der Waals surface area contributed by atoms with Gasteiger partial charge in [0.2, 0.25) is 0 Å². The minimum absolute atomic E-state index is 0.459. The van der Waals surface area contributed by atoms with E-state index in [1.165, 1.54) is 5.56 Å². The molecule has 0 aliphatic rings. The largest absolute Gasteiger partial charge is 0.491 e. The average molecular weight is 346 g/mol. The molecule has 4 nitrogen and oxygen atoms in total. The van der Waals surface area contributed by atoms with Crippen LogP contribution in [-0.4, -0.2) is 39.6 Å². The normalized spacial score (nSPS) is 11.1. The van der Waals surface area contributed by atoms with Crippen LogP contribution in [0.3, 0.4) is 0 Å². The van der Waals surface area contributed by atoms with Crippen LogP contribution in [0.5, 0.6) is 5.75 Å². The Bertz CT molecular complexity index is 385. The Hall–Kier alpha value is -0.620. The molecule has 1 N–H and O–H groups in total. The molecule has 20 heavy (non-hydrogen) atoms. The van der Waals surface area contributed by atoms with Crippen molar-refractivity contribution in [2.24, 2.45) is 0 Å². The molecular weight excluding hydrogens is 322 g/mol. The van der Waals surface area contributed by atoms with Crippen LogP contribution in [0.25, 0.3) is 0 Å². The number of hydrogen-bond donors (Lipinski definition) is 1. The number of halogens is 1. The first-order valence-corrected chi connectivity index (χ1v) is 7.64. The molecule has 0 amide bonds. The summed E-state index contributed by atoms with van der Waals surface area (Å²) < 4.78 is 17.0. The fraction of sp³-hybridized carbons (Fsp3) is 0.600. The van der Waals surface area contributed by atoms with E-state index in [2.05, 4.69) is 41.2 Å². The summed E-state index contributed by atoms with van der Waals surface area (Å²) in [4.78, 5) is 0. The van der Waals surface area contributed by atoms with E-state index in [0.717, 1.165) is 16.8 Å². The fourth-order valence-corrected chi connectivity index (χ4v) is 1.94. The zero-order valence-corrected chi connectivity index (χ0v) is 14.0. The predicted octanol–water partition coefficient (Wildman–Crippen LogP) is 2.99. The molecule has 0 saturated heterocycles. The molecule has 0 unspecified atom stereocenters. The number of ether oxygens (including phenoxy) is 3. The summed E-state index contributed by atoms with van der Waals surface area (Å²) in [6.45, 7) is 7.41. The molecule has 5 heteroatoms. The third-order valence-corrected chi connectivity index (χ3v) is 3.42. The molecule has 0 atom stereocenters. The lowest BCUT2D eigenvalue weighted by Crippen LogP contribution is -2.22. The molecule has 0 aliphatic carbocycles. The van der Waals surface area contributed by atoms with Crippen LogP contribution in [0.4, 0.5) is 0 Å². The van der Waals surface area contributed by atoms with Crippen LogP contribution < -0.4 is 10.1 Å². The molecule has 114 valence electrons. The highest BCUT2D eigenvalue weighted by molar-refractivity contribution is 9.10. The molecule has 0 saturated carbocycles. The van der Waals surface area contributed by atoms with Gasteiger partial charge in [0, 0.05) is 24.2 Å². The topological polar surface area (TPSA) is 39.7 Å². The van der Waals surface area contributed by atoms with Crippen LogP contribution in [0.1, 0.15) is 19.4 Å². The number of nitrogens with one attached hydrogen (secondary N) is 1. The van der Waals surface area contributed by atoms with Gasteiger partial charge < -0.3 is 19.5 Å². The number of rotatable bonds is 10. The predicted molar refractivity (Wildman–Crippen MR) is 84.3 cm³/mol. The first-order chi connectivity index (χ1) is 9.63. The van der Waals surface area contributed by atoms with E-state index < -0.39 is 0 Å². The van der Waals surface area contributed by atoms with Gasteiger partial charge in [-0.3, -0.25) is 0 Å². The van der Waals surface area contributed by atoms with E-state index >= 15 is 0 Å². The quantitative estimate of drug-likeness (QED) is 0.661. The molecule has 0 spiro atoms. The fourth-order valence-electron chi connectivity index (χ4n) is 1.55. The second-order valence-electron chi connectivity index (χ2n) is 4.74. The smallest absolute Gasteiger partial charge is 0.119 e. The van der Waals surface area contributed by atoms with Gasteiger partial charge in [0.1, 0.15) is 12.4 Å². The summed E-state index contributed by atoms with van der Waals surface area (Å²) >= 11 is 3.56. The van der Waals surface area contributed by atoms with Gasteiger partial charge in [-0.1, -0.05) is 29.8 Å². The molecule has 0 fully saturated rings. The van der Waals surface area contributed by atoms with Gasteiger partial charge in [-0.2, -0.15) is 0 Å². The molecule has 0 bridgehead atoms. The highest BCUT2D eigenvalue weighted by atomic mass is 79.9. The molecule has 1 aromatic carbocycles.